The number of hydrogen-bond donors (Lipinski definition) is 0. The Hall–Kier alpha value is 0.490. The van der Waals surface area contributed by atoms with Crippen LogP contribution >= 0.6 is 0 Å². The Morgan fingerprint density at radius 2 is 2.12 bits per heavy atom. The van der Waals surface area contributed by atoms with Crippen molar-refractivity contribution in [3.63, 3.8) is 0 Å². The summed E-state index contributed by atoms with van der Waals surface area (Å²) in [6, 6.07) is 0. The van der Waals surface area contributed by atoms with Crippen LogP contribution < -0.4 is 0 Å². The Labute approximate surface area is 114 Å². The Morgan fingerprint density at radius 3 is 2.71 bits per heavy atom. The molecule has 1 rings (SSSR count). The molecule has 0 bridgehead atoms. The Kier molecular flexibility index (Phi) is 8.62. The van der Waals surface area contributed by atoms with Crippen LogP contribution in [0, 0.1) is 0 Å². The van der Waals surface area contributed by atoms with Gasteiger partial charge in [0.2, 0.25) is 0 Å². The van der Waals surface area contributed by atoms with Gasteiger partial charge in [-0.3, -0.25) is 0 Å². The summed E-state index contributed by atoms with van der Waals surface area (Å²) in [6.07, 6.45) is 3.70. The van der Waals surface area contributed by atoms with Gasteiger partial charge in [0.25, 0.3) is 0 Å². The van der Waals surface area contributed by atoms with Gasteiger partial charge >= 0.3 is 114 Å². The Balaban J connectivity index is 1.89. The molecule has 98 valence electrons. The first-order chi connectivity index (χ1) is 8.26. The van der Waals surface area contributed by atoms with Gasteiger partial charge in [0, 0.05) is 0 Å². The summed E-state index contributed by atoms with van der Waals surface area (Å²) in [7, 11) is 0. The predicted molar refractivity (Wildman–Crippen MR) is 73.7 cm³/mol. The number of hydrogen-bond acceptors (Lipinski definition) is 3. The third kappa shape index (κ3) is 6.85. The molecular weight excluding hydrogens is 317 g/mol. The topological polar surface area (TPSA) is 21.7 Å². The second kappa shape index (κ2) is 9.42. The molecule has 0 N–H and O–H groups in total. The van der Waals surface area contributed by atoms with E-state index in [0.717, 1.165) is 32.7 Å². The SMILES string of the molecule is CCN(CC)CCCOCOC1C=[CH][In]([CH3])[CH2]1. The van der Waals surface area contributed by atoms with E-state index in [0.29, 0.717) is 12.9 Å². The molecule has 1 aliphatic rings. The van der Waals surface area contributed by atoms with Crippen molar-refractivity contribution in [1.82, 2.24) is 4.90 Å². The number of ether oxygens (including phenoxy) is 2. The monoisotopic (exact) mass is 343 g/mol. The fraction of sp³-hybridized carbons (Fsp3) is 0.846. The third-order valence-corrected chi connectivity index (χ3v) is 9.24. The zero-order chi connectivity index (χ0) is 12.5. The summed E-state index contributed by atoms with van der Waals surface area (Å²) in [5.41, 5.74) is 0. The molecule has 0 aromatic carbocycles. The summed E-state index contributed by atoms with van der Waals surface area (Å²) < 4.78 is 17.3. The Bertz CT molecular complexity index is 219. The van der Waals surface area contributed by atoms with Crippen molar-refractivity contribution < 1.29 is 9.47 Å². The van der Waals surface area contributed by atoms with E-state index in [-0.39, 0.29) is 0 Å². The second-order valence-corrected chi connectivity index (χ2v) is 12.7. The molecular formula is C13H26InNO2. The van der Waals surface area contributed by atoms with Crippen LogP contribution in [0.2, 0.25) is 8.86 Å². The zero-order valence-electron chi connectivity index (χ0n) is 11.5. The van der Waals surface area contributed by atoms with Crippen LogP contribution in [0.3, 0.4) is 0 Å². The molecule has 0 fully saturated rings. The third-order valence-electron chi connectivity index (χ3n) is 3.28. The molecule has 3 nitrogen and oxygen atoms in total. The quantitative estimate of drug-likeness (QED) is 0.474. The zero-order valence-corrected chi connectivity index (χ0v) is 14.8. The van der Waals surface area contributed by atoms with Crippen molar-refractivity contribution in [2.45, 2.75) is 35.2 Å². The fourth-order valence-electron chi connectivity index (χ4n) is 2.09. The van der Waals surface area contributed by atoms with Gasteiger partial charge in [-0.25, -0.2) is 0 Å². The first kappa shape index (κ1) is 15.5. The molecule has 0 spiro atoms. The van der Waals surface area contributed by atoms with Crippen LogP contribution in [-0.2, 0) is 9.47 Å². The molecule has 1 unspecified atom stereocenters. The minimum atomic E-state index is -1.19. The van der Waals surface area contributed by atoms with Crippen molar-refractivity contribution in [2.75, 3.05) is 33.0 Å². The average Bonchev–Trinajstić information content (AvgIpc) is 2.74. The molecule has 0 aromatic heterocycles. The van der Waals surface area contributed by atoms with Gasteiger partial charge in [-0.2, -0.15) is 0 Å². The van der Waals surface area contributed by atoms with E-state index in [1.807, 2.05) is 0 Å². The number of nitrogens with zero attached hydrogens (tertiary/aromatic N) is 1. The van der Waals surface area contributed by atoms with Crippen molar-refractivity contribution >= 4 is 21.4 Å². The second-order valence-electron chi connectivity index (χ2n) is 4.71. The minimum absolute atomic E-state index is 0.364. The van der Waals surface area contributed by atoms with E-state index in [2.05, 4.69) is 33.3 Å². The van der Waals surface area contributed by atoms with Gasteiger partial charge in [0.05, 0.1) is 0 Å². The Morgan fingerprint density at radius 1 is 1.35 bits per heavy atom. The molecule has 1 aliphatic heterocycles. The normalized spacial score (nSPS) is 19.5. The first-order valence-electron chi connectivity index (χ1n) is 6.86. The summed E-state index contributed by atoms with van der Waals surface area (Å²) in [6.45, 7) is 9.07. The molecule has 4 heteroatoms. The molecule has 1 atom stereocenters. The molecule has 0 aliphatic carbocycles. The average molecular weight is 343 g/mol. The van der Waals surface area contributed by atoms with Crippen molar-refractivity contribution in [2.24, 2.45) is 0 Å². The van der Waals surface area contributed by atoms with Crippen LogP contribution in [0.5, 0.6) is 0 Å². The van der Waals surface area contributed by atoms with Gasteiger partial charge < -0.3 is 0 Å². The maximum absolute atomic E-state index is 5.66. The molecule has 0 amide bonds. The van der Waals surface area contributed by atoms with Gasteiger partial charge in [0.15, 0.2) is 0 Å². The van der Waals surface area contributed by atoms with Crippen LogP contribution in [0.1, 0.15) is 20.3 Å². The van der Waals surface area contributed by atoms with E-state index in [1.54, 1.807) is 0 Å². The summed E-state index contributed by atoms with van der Waals surface area (Å²) in [5, 5.41) is 0. The molecule has 0 saturated carbocycles. The van der Waals surface area contributed by atoms with E-state index in [1.165, 1.54) is 4.18 Å². The van der Waals surface area contributed by atoms with E-state index >= 15 is 0 Å². The fourth-order valence-corrected chi connectivity index (χ4v) is 7.25. The predicted octanol–water partition coefficient (Wildman–Crippen LogP) is 2.31. The van der Waals surface area contributed by atoms with Crippen LogP contribution in [-0.4, -0.2) is 65.5 Å². The maximum atomic E-state index is 5.66. The number of rotatable bonds is 9. The molecule has 1 heterocycles. The standard InChI is InChI=1S/C12H23NO2.CH3.In/c1-5-12(4)15-11-14-10-8-9-13(6-2)7-3;;/h1,5,12H,4,6-11H2,2-3H3;1H3;. The van der Waals surface area contributed by atoms with Crippen molar-refractivity contribution in [3.8, 4) is 0 Å². The van der Waals surface area contributed by atoms with E-state index < -0.39 is 21.4 Å². The summed E-state index contributed by atoms with van der Waals surface area (Å²) >= 11 is -1.19. The molecule has 0 aromatic rings. The summed E-state index contributed by atoms with van der Waals surface area (Å²) in [4.78, 5) is 2.42. The molecule has 0 radical (unpaired) electrons. The van der Waals surface area contributed by atoms with Crippen LogP contribution in [0.15, 0.2) is 9.91 Å². The molecule has 17 heavy (non-hydrogen) atoms. The van der Waals surface area contributed by atoms with Crippen molar-refractivity contribution in [3.05, 3.63) is 9.91 Å². The van der Waals surface area contributed by atoms with Gasteiger partial charge in [0.1, 0.15) is 0 Å². The van der Waals surface area contributed by atoms with Gasteiger partial charge in [-0.05, 0) is 0 Å². The van der Waals surface area contributed by atoms with Crippen LogP contribution in [0.4, 0.5) is 0 Å². The van der Waals surface area contributed by atoms with Crippen LogP contribution in [0.25, 0.3) is 0 Å². The molecule has 0 saturated heterocycles. The van der Waals surface area contributed by atoms with Crippen molar-refractivity contribution in [1.29, 1.82) is 0 Å². The van der Waals surface area contributed by atoms with Gasteiger partial charge in [-0.15, -0.1) is 0 Å². The van der Waals surface area contributed by atoms with Gasteiger partial charge in [-0.1, -0.05) is 0 Å². The van der Waals surface area contributed by atoms with E-state index in [4.69, 9.17) is 9.47 Å². The van der Waals surface area contributed by atoms with E-state index in [9.17, 15) is 0 Å². The first-order valence-corrected chi connectivity index (χ1v) is 14.4. The summed E-state index contributed by atoms with van der Waals surface area (Å²) in [5.74, 6) is 0.